The van der Waals surface area contributed by atoms with Crippen LogP contribution in [0, 0.1) is 0 Å². The number of carboxylic acid groups (broad SMARTS) is 1. The van der Waals surface area contributed by atoms with E-state index in [9.17, 15) is 99.6 Å². The van der Waals surface area contributed by atoms with Crippen molar-refractivity contribution in [3.63, 3.8) is 0 Å². The van der Waals surface area contributed by atoms with Gasteiger partial charge in [0.15, 0.2) is 18.9 Å². The Morgan fingerprint density at radius 1 is 0.390 bits per heavy atom. The molecule has 2 aliphatic heterocycles. The third-order valence-electron chi connectivity index (χ3n) is 17.0. The van der Waals surface area contributed by atoms with Crippen LogP contribution in [0.25, 0.3) is 0 Å². The van der Waals surface area contributed by atoms with Crippen molar-refractivity contribution >= 4 is 47.3 Å². The van der Waals surface area contributed by atoms with E-state index in [0.717, 1.165) is 38.5 Å². The molecule has 612 valence electrons. The van der Waals surface area contributed by atoms with Gasteiger partial charge in [-0.2, -0.15) is 0 Å². The van der Waals surface area contributed by atoms with E-state index in [0.29, 0.717) is 70.6 Å². The molecule has 0 spiro atoms. The topological polar surface area (TPSA) is 567 Å². The summed E-state index contributed by atoms with van der Waals surface area (Å²) >= 11 is 0. The van der Waals surface area contributed by atoms with Gasteiger partial charge in [-0.05, 0) is 77.6 Å². The van der Waals surface area contributed by atoms with Crippen molar-refractivity contribution in [2.75, 3.05) is 125 Å². The maximum Gasteiger partial charge on any atom is 0.303 e. The molecule has 0 saturated carbocycles. The molecule has 20 N–H and O–H groups in total. The van der Waals surface area contributed by atoms with E-state index < -0.39 is 124 Å². The van der Waals surface area contributed by atoms with E-state index in [1.165, 1.54) is 6.92 Å². The molecule has 2 aliphatic rings. The van der Waals surface area contributed by atoms with Crippen molar-refractivity contribution in [3.8, 4) is 0 Å². The quantitative estimate of drug-likeness (QED) is 0.0202. The number of carbonyl (C=O) groups is 8. The highest BCUT2D eigenvalue weighted by molar-refractivity contribution is 5.78. The standard InChI is InChI=1S/C68H125N7O30/c1-46(80)48(40-77)103-65(47(81)39-76)100-33-13-10-19-51(82)69-27-16-30-72-54(85)24-36-97-43-68(75-57(88)22-8-6-4-2-3-5-7-9-23-58(89)90,44-98-37-25-55(86)73-31-17-28-70-52(83)20-11-14-34-101-66-63(95)61(93)59(91)49(41-78)104-66)45-99-38-26-56(87)74-32-18-29-71-53(84)21-12-15-35-102-67-64(96)62(94)60(92)50(42-79)105-67/h46-50,59-67,76-81,91-96H,2-45H2,1H3,(H,69,82)(H,70,83)(H,71,84)(H,72,85)(H,73,86)(H,74,87)(H,75,88)(H,89,90)/t46-,47+,48?,49?,50?,59?,60?,61?,62?,63?,64?,65?,66?,67?,68?/m0/s1. The number of ether oxygens (including phenoxy) is 9. The van der Waals surface area contributed by atoms with Gasteiger partial charge in [0.2, 0.25) is 41.4 Å². The third-order valence-corrected chi connectivity index (χ3v) is 17.0. The third kappa shape index (κ3) is 44.2. The van der Waals surface area contributed by atoms with Crippen molar-refractivity contribution in [1.29, 1.82) is 0 Å². The second-order valence-electron chi connectivity index (χ2n) is 26.2. The Morgan fingerprint density at radius 3 is 1.07 bits per heavy atom. The van der Waals surface area contributed by atoms with Gasteiger partial charge in [0.25, 0.3) is 0 Å². The zero-order valence-corrected chi connectivity index (χ0v) is 60.9. The summed E-state index contributed by atoms with van der Waals surface area (Å²) in [5, 5.41) is 146. The highest BCUT2D eigenvalue weighted by atomic mass is 16.7. The number of carbonyl (C=O) groups excluding carboxylic acids is 7. The molecule has 2 saturated heterocycles. The van der Waals surface area contributed by atoms with Crippen LogP contribution in [0.3, 0.4) is 0 Å². The molecule has 37 nitrogen and oxygen atoms in total. The van der Waals surface area contributed by atoms with E-state index >= 15 is 0 Å². The number of rotatable bonds is 65. The molecule has 105 heavy (non-hydrogen) atoms. The minimum absolute atomic E-state index is 0.0490. The molecule has 0 aromatic rings. The summed E-state index contributed by atoms with van der Waals surface area (Å²) in [7, 11) is 0. The monoisotopic (exact) mass is 1520 g/mol. The van der Waals surface area contributed by atoms with E-state index in [4.69, 9.17) is 47.7 Å². The molecule has 37 heteroatoms. The van der Waals surface area contributed by atoms with Gasteiger partial charge in [-0.25, -0.2) is 0 Å². The van der Waals surface area contributed by atoms with Gasteiger partial charge in [0, 0.05) is 110 Å². The van der Waals surface area contributed by atoms with E-state index in [-0.39, 0.29) is 191 Å². The molecule has 0 aromatic carbocycles. The number of amides is 7. The summed E-state index contributed by atoms with van der Waals surface area (Å²) in [6.45, 7) is -0.512. The van der Waals surface area contributed by atoms with Crippen molar-refractivity contribution in [2.45, 2.75) is 259 Å². The highest BCUT2D eigenvalue weighted by Gasteiger charge is 2.45. The van der Waals surface area contributed by atoms with Crippen LogP contribution in [-0.2, 0) is 81.0 Å². The Balaban J connectivity index is 1.99. The molecular formula is C68H125N7O30. The molecule has 0 aromatic heterocycles. The first kappa shape index (κ1) is 96.0. The zero-order chi connectivity index (χ0) is 77.6. The number of aliphatic hydroxyl groups excluding tert-OH is 12. The van der Waals surface area contributed by atoms with Crippen LogP contribution >= 0.6 is 0 Å². The lowest BCUT2D eigenvalue weighted by Crippen LogP contribution is -2.59. The summed E-state index contributed by atoms with van der Waals surface area (Å²) in [6.07, 6.45) is -8.65. The Morgan fingerprint density at radius 2 is 0.724 bits per heavy atom. The Hall–Kier alpha value is -5.08. The van der Waals surface area contributed by atoms with Gasteiger partial charge in [0.1, 0.15) is 66.6 Å². The molecule has 0 aliphatic carbocycles. The molecular weight excluding hydrogens is 1390 g/mol. The van der Waals surface area contributed by atoms with Gasteiger partial charge < -0.3 is 146 Å². The highest BCUT2D eigenvalue weighted by Crippen LogP contribution is 2.24. The second-order valence-corrected chi connectivity index (χ2v) is 26.2. The fourth-order valence-corrected chi connectivity index (χ4v) is 10.7. The Kier molecular flexibility index (Phi) is 53.8. The van der Waals surface area contributed by atoms with Crippen molar-refractivity contribution in [3.05, 3.63) is 0 Å². The summed E-state index contributed by atoms with van der Waals surface area (Å²) < 4.78 is 50.6. The van der Waals surface area contributed by atoms with Gasteiger partial charge in [-0.15, -0.1) is 0 Å². The molecule has 14 atom stereocenters. The van der Waals surface area contributed by atoms with Crippen LogP contribution in [0.4, 0.5) is 0 Å². The SMILES string of the molecule is C[C@H](O)C(CO)OC(OCCCCC(=O)NCCCNC(=O)CCOCC(COCCC(=O)NCCCNC(=O)CCCCOC1OC(CO)C(O)C(O)C1O)(COCCC(=O)NCCCNC(=O)CCCCOC1OC(CO)C(O)C(O)C1O)NC(=O)CCCCCCCCCCC(=O)O)[C@H](O)CO. The number of nitrogens with one attached hydrogen (secondary N) is 7. The number of aliphatic carboxylic acids is 1. The van der Waals surface area contributed by atoms with Crippen LogP contribution in [0.2, 0.25) is 0 Å². The lowest BCUT2D eigenvalue weighted by Gasteiger charge is -2.39. The fraction of sp³-hybridized carbons (Fsp3) is 0.882. The van der Waals surface area contributed by atoms with Gasteiger partial charge in [-0.3, -0.25) is 38.4 Å². The Bertz CT molecular complexity index is 2270. The predicted molar refractivity (Wildman–Crippen MR) is 370 cm³/mol. The van der Waals surface area contributed by atoms with Gasteiger partial charge in [-0.1, -0.05) is 38.5 Å². The number of unbranched alkanes of at least 4 members (excludes halogenated alkanes) is 10. The molecule has 12 unspecified atom stereocenters. The lowest BCUT2D eigenvalue weighted by atomic mass is 9.99. The van der Waals surface area contributed by atoms with E-state index in [1.54, 1.807) is 0 Å². The van der Waals surface area contributed by atoms with E-state index in [1.807, 2.05) is 0 Å². The van der Waals surface area contributed by atoms with E-state index in [2.05, 4.69) is 37.2 Å². The molecule has 2 rings (SSSR count). The number of hydrogen-bond donors (Lipinski definition) is 20. The summed E-state index contributed by atoms with van der Waals surface area (Å²) in [5.41, 5.74) is -1.41. The summed E-state index contributed by atoms with van der Waals surface area (Å²) in [6, 6.07) is 0. The number of aliphatic hydroxyl groups is 12. The number of hydrogen-bond acceptors (Lipinski definition) is 29. The lowest BCUT2D eigenvalue weighted by molar-refractivity contribution is -0.301. The molecule has 0 radical (unpaired) electrons. The molecule has 0 bridgehead atoms. The smallest absolute Gasteiger partial charge is 0.303 e. The van der Waals surface area contributed by atoms with Gasteiger partial charge in [0.05, 0.1) is 72.2 Å². The van der Waals surface area contributed by atoms with Gasteiger partial charge >= 0.3 is 5.97 Å². The van der Waals surface area contributed by atoms with Crippen molar-refractivity contribution < 1.29 is 147 Å². The molecule has 7 amide bonds. The second kappa shape index (κ2) is 58.9. The van der Waals surface area contributed by atoms with Crippen LogP contribution in [0.5, 0.6) is 0 Å². The predicted octanol–water partition coefficient (Wildman–Crippen LogP) is -4.49. The maximum atomic E-state index is 13.8. The van der Waals surface area contributed by atoms with Crippen LogP contribution in [0.15, 0.2) is 0 Å². The zero-order valence-electron chi connectivity index (χ0n) is 60.9. The first-order chi connectivity index (χ1) is 50.4. The average molecular weight is 1520 g/mol. The first-order valence-corrected chi connectivity index (χ1v) is 37.0. The van der Waals surface area contributed by atoms with Crippen molar-refractivity contribution in [1.82, 2.24) is 37.2 Å². The minimum Gasteiger partial charge on any atom is -0.481 e. The fourth-order valence-electron chi connectivity index (χ4n) is 10.7. The van der Waals surface area contributed by atoms with Crippen LogP contribution < -0.4 is 37.2 Å². The van der Waals surface area contributed by atoms with Crippen molar-refractivity contribution in [2.24, 2.45) is 0 Å². The minimum atomic E-state index is -1.57. The maximum absolute atomic E-state index is 13.8. The average Bonchev–Trinajstić information content (AvgIpc) is 0.822. The Labute approximate surface area is 614 Å². The summed E-state index contributed by atoms with van der Waals surface area (Å²) in [4.78, 5) is 101. The number of carboxylic acids is 1. The molecule has 2 fully saturated rings. The van der Waals surface area contributed by atoms with Crippen LogP contribution in [-0.4, -0.2) is 330 Å². The summed E-state index contributed by atoms with van der Waals surface area (Å²) in [5.74, 6) is -3.05. The first-order valence-electron chi connectivity index (χ1n) is 37.0. The normalized spacial score (nSPS) is 22.0. The largest absolute Gasteiger partial charge is 0.481 e. The molecule has 2 heterocycles. The van der Waals surface area contributed by atoms with Crippen LogP contribution in [0.1, 0.15) is 167 Å².